The number of anilines is 1. The number of carbonyl (C=O) groups excluding carboxylic acids is 1. The molecule has 0 spiro atoms. The van der Waals surface area contributed by atoms with Gasteiger partial charge >= 0.3 is 5.97 Å². The number of esters is 1. The zero-order valence-electron chi connectivity index (χ0n) is 13.6. The van der Waals surface area contributed by atoms with Gasteiger partial charge in [-0.1, -0.05) is 5.16 Å². The molecule has 1 aliphatic heterocycles. The second-order valence-electron chi connectivity index (χ2n) is 6.00. The predicted molar refractivity (Wildman–Crippen MR) is 83.8 cm³/mol. The first-order valence-corrected chi connectivity index (χ1v) is 7.71. The molecule has 1 atom stereocenters. The molecule has 23 heavy (non-hydrogen) atoms. The van der Waals surface area contributed by atoms with E-state index >= 15 is 0 Å². The van der Waals surface area contributed by atoms with Gasteiger partial charge in [0.05, 0.1) is 12.0 Å². The maximum Gasteiger partial charge on any atom is 0.313 e. The monoisotopic (exact) mass is 316 g/mol. The highest BCUT2D eigenvalue weighted by molar-refractivity contribution is 5.78. The Kier molecular flexibility index (Phi) is 4.02. The van der Waals surface area contributed by atoms with Crippen molar-refractivity contribution in [2.24, 2.45) is 5.41 Å². The molecule has 7 heteroatoms. The fourth-order valence-electron chi connectivity index (χ4n) is 2.77. The normalized spacial score (nSPS) is 20.7. The Hall–Kier alpha value is -2.44. The van der Waals surface area contributed by atoms with Crippen LogP contribution in [-0.2, 0) is 9.53 Å². The SMILES string of the molecule is CCOC(=O)C1(C)CCN(c2cc(-c3nc(C)no3)ccn2)C1. The number of aromatic nitrogens is 3. The standard InChI is InChI=1S/C16H20N4O3/c1-4-22-15(21)16(3)6-8-20(10-16)13-9-12(5-7-17-13)14-18-11(2)19-23-14/h5,7,9H,4,6,8,10H2,1-3H3. The van der Waals surface area contributed by atoms with Crippen LogP contribution in [0.5, 0.6) is 0 Å². The number of pyridine rings is 1. The number of hydrogen-bond acceptors (Lipinski definition) is 7. The van der Waals surface area contributed by atoms with Gasteiger partial charge in [0.2, 0.25) is 0 Å². The summed E-state index contributed by atoms with van der Waals surface area (Å²) in [7, 11) is 0. The molecule has 0 radical (unpaired) electrons. The fourth-order valence-corrected chi connectivity index (χ4v) is 2.77. The minimum atomic E-state index is -0.491. The summed E-state index contributed by atoms with van der Waals surface area (Å²) in [4.78, 5) is 22.9. The van der Waals surface area contributed by atoms with Gasteiger partial charge in [-0.05, 0) is 39.3 Å². The van der Waals surface area contributed by atoms with Gasteiger partial charge in [-0.2, -0.15) is 4.98 Å². The number of rotatable bonds is 4. The van der Waals surface area contributed by atoms with Crippen LogP contribution in [0.2, 0.25) is 0 Å². The van der Waals surface area contributed by atoms with Crippen molar-refractivity contribution >= 4 is 11.8 Å². The average Bonchev–Trinajstić information content (AvgIpc) is 3.15. The van der Waals surface area contributed by atoms with Crippen molar-refractivity contribution in [3.05, 3.63) is 24.2 Å². The maximum atomic E-state index is 12.1. The fraction of sp³-hybridized carbons (Fsp3) is 0.500. The van der Waals surface area contributed by atoms with Crippen LogP contribution in [0.15, 0.2) is 22.9 Å². The summed E-state index contributed by atoms with van der Waals surface area (Å²) in [5.41, 5.74) is 0.328. The van der Waals surface area contributed by atoms with Crippen LogP contribution in [0, 0.1) is 12.3 Å². The van der Waals surface area contributed by atoms with E-state index in [0.29, 0.717) is 24.9 Å². The minimum Gasteiger partial charge on any atom is -0.466 e. The van der Waals surface area contributed by atoms with Crippen molar-refractivity contribution in [2.45, 2.75) is 27.2 Å². The van der Waals surface area contributed by atoms with Gasteiger partial charge < -0.3 is 14.2 Å². The first-order valence-electron chi connectivity index (χ1n) is 7.71. The highest BCUT2D eigenvalue weighted by Gasteiger charge is 2.42. The van der Waals surface area contributed by atoms with E-state index < -0.39 is 5.41 Å². The Morgan fingerprint density at radius 1 is 1.52 bits per heavy atom. The summed E-state index contributed by atoms with van der Waals surface area (Å²) in [5, 5.41) is 3.81. The highest BCUT2D eigenvalue weighted by atomic mass is 16.5. The first kappa shape index (κ1) is 15.5. The van der Waals surface area contributed by atoms with E-state index in [1.165, 1.54) is 0 Å². The van der Waals surface area contributed by atoms with Crippen molar-refractivity contribution in [3.63, 3.8) is 0 Å². The van der Waals surface area contributed by atoms with Crippen LogP contribution in [0.4, 0.5) is 5.82 Å². The molecular weight excluding hydrogens is 296 g/mol. The van der Waals surface area contributed by atoms with Crippen LogP contribution in [0.25, 0.3) is 11.5 Å². The van der Waals surface area contributed by atoms with Crippen LogP contribution in [-0.4, -0.2) is 40.8 Å². The topological polar surface area (TPSA) is 81.4 Å². The van der Waals surface area contributed by atoms with Crippen molar-refractivity contribution in [2.75, 3.05) is 24.6 Å². The van der Waals surface area contributed by atoms with Gasteiger partial charge in [-0.15, -0.1) is 0 Å². The van der Waals surface area contributed by atoms with Crippen LogP contribution in [0.1, 0.15) is 26.1 Å². The Labute approximate surface area is 134 Å². The molecule has 1 aliphatic rings. The number of aryl methyl sites for hydroxylation is 1. The lowest BCUT2D eigenvalue weighted by Gasteiger charge is -2.23. The van der Waals surface area contributed by atoms with E-state index in [0.717, 1.165) is 24.3 Å². The third-order valence-electron chi connectivity index (χ3n) is 4.09. The molecule has 0 amide bonds. The summed E-state index contributed by atoms with van der Waals surface area (Å²) in [6.07, 6.45) is 2.46. The molecule has 3 heterocycles. The summed E-state index contributed by atoms with van der Waals surface area (Å²) in [5.74, 6) is 1.71. The lowest BCUT2D eigenvalue weighted by molar-refractivity contribution is -0.153. The summed E-state index contributed by atoms with van der Waals surface area (Å²) < 4.78 is 10.4. The molecule has 0 aromatic carbocycles. The summed E-state index contributed by atoms with van der Waals surface area (Å²) in [6.45, 7) is 7.29. The molecule has 7 nitrogen and oxygen atoms in total. The molecule has 0 saturated carbocycles. The highest BCUT2D eigenvalue weighted by Crippen LogP contribution is 2.34. The molecule has 122 valence electrons. The average molecular weight is 316 g/mol. The molecular formula is C16H20N4O3. The van der Waals surface area contributed by atoms with Gasteiger partial charge in [0.25, 0.3) is 5.89 Å². The molecule has 2 aromatic heterocycles. The smallest absolute Gasteiger partial charge is 0.313 e. The molecule has 1 saturated heterocycles. The zero-order chi connectivity index (χ0) is 16.4. The van der Waals surface area contributed by atoms with Crippen LogP contribution < -0.4 is 4.90 Å². The zero-order valence-corrected chi connectivity index (χ0v) is 13.6. The molecule has 1 fully saturated rings. The van der Waals surface area contributed by atoms with Gasteiger partial charge in [0, 0.05) is 24.8 Å². The predicted octanol–water partition coefficient (Wildman–Crippen LogP) is 2.22. The Bertz CT molecular complexity index is 715. The van der Waals surface area contributed by atoms with Crippen molar-refractivity contribution in [3.8, 4) is 11.5 Å². The van der Waals surface area contributed by atoms with Crippen LogP contribution in [0.3, 0.4) is 0 Å². The second kappa shape index (κ2) is 5.98. The van der Waals surface area contributed by atoms with Crippen molar-refractivity contribution in [1.29, 1.82) is 0 Å². The number of nitrogens with zero attached hydrogens (tertiary/aromatic N) is 4. The van der Waals surface area contributed by atoms with E-state index in [4.69, 9.17) is 9.26 Å². The van der Waals surface area contributed by atoms with Crippen molar-refractivity contribution in [1.82, 2.24) is 15.1 Å². The van der Waals surface area contributed by atoms with E-state index in [1.807, 2.05) is 26.0 Å². The quantitative estimate of drug-likeness (QED) is 0.800. The van der Waals surface area contributed by atoms with Gasteiger partial charge in [0.15, 0.2) is 5.82 Å². The van der Waals surface area contributed by atoms with Crippen LogP contribution >= 0.6 is 0 Å². The summed E-state index contributed by atoms with van der Waals surface area (Å²) >= 11 is 0. The molecule has 0 bridgehead atoms. The number of carbonyl (C=O) groups is 1. The Balaban J connectivity index is 1.80. The maximum absolute atomic E-state index is 12.1. The van der Waals surface area contributed by atoms with E-state index in [1.54, 1.807) is 13.1 Å². The summed E-state index contributed by atoms with van der Waals surface area (Å²) in [6, 6.07) is 3.74. The third-order valence-corrected chi connectivity index (χ3v) is 4.09. The molecule has 3 rings (SSSR count). The minimum absolute atomic E-state index is 0.147. The molecule has 1 unspecified atom stereocenters. The number of hydrogen-bond donors (Lipinski definition) is 0. The third kappa shape index (κ3) is 3.04. The molecule has 2 aromatic rings. The van der Waals surface area contributed by atoms with Gasteiger partial charge in [0.1, 0.15) is 5.82 Å². The van der Waals surface area contributed by atoms with E-state index in [2.05, 4.69) is 20.0 Å². The second-order valence-corrected chi connectivity index (χ2v) is 6.00. The first-order chi connectivity index (χ1) is 11.0. The molecule has 0 aliphatic carbocycles. The molecule has 0 N–H and O–H groups in total. The lowest BCUT2D eigenvalue weighted by atomic mass is 9.90. The largest absolute Gasteiger partial charge is 0.466 e. The van der Waals surface area contributed by atoms with E-state index in [9.17, 15) is 4.79 Å². The van der Waals surface area contributed by atoms with Gasteiger partial charge in [-0.3, -0.25) is 4.79 Å². The van der Waals surface area contributed by atoms with Crippen molar-refractivity contribution < 1.29 is 14.1 Å². The van der Waals surface area contributed by atoms with E-state index in [-0.39, 0.29) is 5.97 Å². The van der Waals surface area contributed by atoms with Gasteiger partial charge in [-0.25, -0.2) is 4.98 Å². The number of ether oxygens (including phenoxy) is 1. The Morgan fingerprint density at radius 2 is 2.35 bits per heavy atom. The lowest BCUT2D eigenvalue weighted by Crippen LogP contribution is -2.33. The Morgan fingerprint density at radius 3 is 3.04 bits per heavy atom.